The molecule has 0 saturated heterocycles. The Morgan fingerprint density at radius 3 is 2.05 bits per heavy atom. The number of amides is 2. The van der Waals surface area contributed by atoms with Crippen LogP contribution in [0.15, 0.2) is 42.6 Å². The van der Waals surface area contributed by atoms with Crippen LogP contribution in [0.2, 0.25) is 0 Å². The van der Waals surface area contributed by atoms with Crippen LogP contribution in [0.25, 0.3) is 0 Å². The van der Waals surface area contributed by atoms with Gasteiger partial charge in [0.25, 0.3) is 5.91 Å². The van der Waals surface area contributed by atoms with Crippen LogP contribution in [-0.4, -0.2) is 37.0 Å². The topological polar surface area (TPSA) is 59.7 Å². The molecule has 2 amide bonds. The van der Waals surface area contributed by atoms with E-state index in [1.165, 1.54) is 81.7 Å². The third-order valence-corrected chi connectivity index (χ3v) is 7.48. The third kappa shape index (κ3) is 12.1. The average molecular weight is 554 g/mol. The lowest BCUT2D eigenvalue weighted by atomic mass is 10.1. The maximum absolute atomic E-state index is 13.2. The molecule has 6 nitrogen and oxygen atoms in total. The van der Waals surface area contributed by atoms with E-state index in [9.17, 15) is 9.59 Å². The van der Waals surface area contributed by atoms with Crippen LogP contribution in [0.1, 0.15) is 120 Å². The summed E-state index contributed by atoms with van der Waals surface area (Å²) in [5, 5.41) is 0. The second kappa shape index (κ2) is 20.1. The van der Waals surface area contributed by atoms with Gasteiger partial charge in [0.05, 0.1) is 13.7 Å². The zero-order chi connectivity index (χ0) is 29.0. The molecule has 1 heterocycles. The molecule has 0 spiro atoms. The van der Waals surface area contributed by atoms with E-state index >= 15 is 0 Å². The van der Waals surface area contributed by atoms with Crippen molar-refractivity contribution in [3.05, 3.63) is 53.9 Å². The van der Waals surface area contributed by atoms with Crippen LogP contribution in [-0.2, 0) is 17.8 Å². The van der Waals surface area contributed by atoms with E-state index in [4.69, 9.17) is 9.47 Å². The smallest absolute Gasteiger partial charge is 0.260 e. The Labute approximate surface area is 243 Å². The van der Waals surface area contributed by atoms with Gasteiger partial charge in [-0.05, 0) is 38.0 Å². The Balaban J connectivity index is 1.75. The number of benzene rings is 1. The molecule has 0 N–H and O–H groups in total. The molecule has 0 bridgehead atoms. The number of carbonyl (C=O) groups excluding carboxylic acids is 2. The highest BCUT2D eigenvalue weighted by molar-refractivity contribution is 6.04. The average Bonchev–Trinajstić information content (AvgIpc) is 2.97. The minimum absolute atomic E-state index is 0.257. The lowest BCUT2D eigenvalue weighted by Crippen LogP contribution is -2.38. The van der Waals surface area contributed by atoms with E-state index < -0.39 is 0 Å². The van der Waals surface area contributed by atoms with Gasteiger partial charge in [-0.3, -0.25) is 14.5 Å². The maximum Gasteiger partial charge on any atom is 0.260 e. The van der Waals surface area contributed by atoms with Gasteiger partial charge in [0, 0.05) is 37.6 Å². The molecule has 222 valence electrons. The number of carbonyl (C=O) groups is 2. The standard InChI is InChI=1S/C34H53N2O4/c1-5-7-8-9-10-11-12-13-14-15-16-19-27-40-32-24-23-30(28-33(32)39-4)34(38)36(29(3)37)26-20-22-31-21-17-18-25-35(31)6-2/h17-18,21,23-25,28H,5-16,19-20,22,26-27H2,1-4H3/q+1. The molecule has 0 radical (unpaired) electrons. The van der Waals surface area contributed by atoms with Crippen molar-refractivity contribution in [1.82, 2.24) is 4.90 Å². The summed E-state index contributed by atoms with van der Waals surface area (Å²) in [6, 6.07) is 11.3. The Kier molecular flexibility index (Phi) is 16.7. The highest BCUT2D eigenvalue weighted by Crippen LogP contribution is 2.29. The predicted molar refractivity (Wildman–Crippen MR) is 162 cm³/mol. The van der Waals surface area contributed by atoms with Crippen LogP contribution in [0.5, 0.6) is 11.5 Å². The van der Waals surface area contributed by atoms with Gasteiger partial charge < -0.3 is 9.47 Å². The van der Waals surface area contributed by atoms with E-state index in [0.717, 1.165) is 25.8 Å². The molecule has 2 aromatic rings. The Hall–Kier alpha value is -2.89. The lowest BCUT2D eigenvalue weighted by molar-refractivity contribution is -0.700. The van der Waals surface area contributed by atoms with Crippen molar-refractivity contribution in [2.45, 2.75) is 117 Å². The summed E-state index contributed by atoms with van der Waals surface area (Å²) < 4.78 is 13.7. The van der Waals surface area contributed by atoms with Gasteiger partial charge in [-0.25, -0.2) is 4.57 Å². The summed E-state index contributed by atoms with van der Waals surface area (Å²) in [5.41, 5.74) is 1.62. The highest BCUT2D eigenvalue weighted by Gasteiger charge is 2.22. The summed E-state index contributed by atoms with van der Waals surface area (Å²) in [7, 11) is 1.58. The Morgan fingerprint density at radius 1 is 0.800 bits per heavy atom. The molecule has 2 rings (SSSR count). The Bertz CT molecular complexity index is 1010. The van der Waals surface area contributed by atoms with Gasteiger partial charge in [-0.2, -0.15) is 0 Å². The fraction of sp³-hybridized carbons (Fsp3) is 0.618. The summed E-state index contributed by atoms with van der Waals surface area (Å²) >= 11 is 0. The van der Waals surface area contributed by atoms with Crippen molar-refractivity contribution in [1.29, 1.82) is 0 Å². The van der Waals surface area contributed by atoms with Crippen molar-refractivity contribution in [2.75, 3.05) is 20.3 Å². The first-order chi connectivity index (χ1) is 19.5. The number of nitrogens with zero attached hydrogens (tertiary/aromatic N) is 2. The van der Waals surface area contributed by atoms with E-state index in [-0.39, 0.29) is 11.8 Å². The van der Waals surface area contributed by atoms with Gasteiger partial charge in [0.1, 0.15) is 6.54 Å². The predicted octanol–water partition coefficient (Wildman–Crippen LogP) is 7.70. The summed E-state index contributed by atoms with van der Waals surface area (Å²) in [5.74, 6) is 0.577. The SMILES string of the molecule is CCCCCCCCCCCCCCOc1ccc(C(=O)N(CCCc2cccc[n+]2CC)C(C)=O)cc1OC. The molecule has 0 aliphatic carbocycles. The van der Waals surface area contributed by atoms with Crippen LogP contribution in [0, 0.1) is 0 Å². The summed E-state index contributed by atoms with van der Waals surface area (Å²) in [4.78, 5) is 26.9. The number of rotatable bonds is 21. The van der Waals surface area contributed by atoms with E-state index in [0.29, 0.717) is 36.6 Å². The molecule has 40 heavy (non-hydrogen) atoms. The minimum Gasteiger partial charge on any atom is -0.493 e. The van der Waals surface area contributed by atoms with Gasteiger partial charge in [0.2, 0.25) is 5.91 Å². The van der Waals surface area contributed by atoms with Crippen molar-refractivity contribution < 1.29 is 23.6 Å². The van der Waals surface area contributed by atoms with Gasteiger partial charge in [-0.15, -0.1) is 0 Å². The number of imide groups is 1. The number of ether oxygens (including phenoxy) is 2. The van der Waals surface area contributed by atoms with Crippen molar-refractivity contribution in [3.63, 3.8) is 0 Å². The zero-order valence-corrected chi connectivity index (χ0v) is 25.6. The van der Waals surface area contributed by atoms with Gasteiger partial charge >= 0.3 is 0 Å². The van der Waals surface area contributed by atoms with Crippen LogP contribution in [0.3, 0.4) is 0 Å². The molecule has 0 fully saturated rings. The number of aryl methyl sites for hydroxylation is 2. The second-order valence-electron chi connectivity index (χ2n) is 10.7. The molecular weight excluding hydrogens is 500 g/mol. The zero-order valence-electron chi connectivity index (χ0n) is 25.6. The fourth-order valence-corrected chi connectivity index (χ4v) is 5.07. The molecule has 0 atom stereocenters. The first-order valence-electron chi connectivity index (χ1n) is 15.6. The first-order valence-corrected chi connectivity index (χ1v) is 15.6. The number of unbranched alkanes of at least 4 members (excludes halogenated alkanes) is 11. The second-order valence-corrected chi connectivity index (χ2v) is 10.7. The number of hydrogen-bond acceptors (Lipinski definition) is 4. The van der Waals surface area contributed by atoms with Gasteiger partial charge in [-0.1, -0.05) is 83.6 Å². The Morgan fingerprint density at radius 2 is 1.45 bits per heavy atom. The molecule has 0 saturated carbocycles. The molecule has 0 aliphatic heterocycles. The summed E-state index contributed by atoms with van der Waals surface area (Å²) in [6.07, 6.45) is 19.2. The van der Waals surface area contributed by atoms with E-state index in [1.807, 2.05) is 12.1 Å². The van der Waals surface area contributed by atoms with E-state index in [2.05, 4.69) is 30.7 Å². The quantitative estimate of drug-likeness (QED) is 0.117. The van der Waals surface area contributed by atoms with Crippen molar-refractivity contribution >= 4 is 11.8 Å². The number of pyridine rings is 1. The van der Waals surface area contributed by atoms with Crippen molar-refractivity contribution in [3.8, 4) is 11.5 Å². The van der Waals surface area contributed by atoms with Crippen LogP contribution < -0.4 is 14.0 Å². The number of hydrogen-bond donors (Lipinski definition) is 0. The number of aromatic nitrogens is 1. The lowest BCUT2D eigenvalue weighted by Gasteiger charge is -2.20. The third-order valence-electron chi connectivity index (χ3n) is 7.48. The first kappa shape index (κ1) is 33.3. The molecule has 1 aromatic carbocycles. The van der Waals surface area contributed by atoms with Gasteiger partial charge in [0.15, 0.2) is 23.4 Å². The molecule has 0 aliphatic rings. The normalized spacial score (nSPS) is 10.9. The largest absolute Gasteiger partial charge is 0.493 e. The monoisotopic (exact) mass is 553 g/mol. The van der Waals surface area contributed by atoms with Crippen LogP contribution in [0.4, 0.5) is 0 Å². The van der Waals surface area contributed by atoms with Crippen LogP contribution >= 0.6 is 0 Å². The molecule has 0 unspecified atom stereocenters. The number of methoxy groups -OCH3 is 1. The maximum atomic E-state index is 13.2. The molecular formula is C34H53N2O4+. The summed E-state index contributed by atoms with van der Waals surface area (Å²) in [6.45, 7) is 7.69. The van der Waals surface area contributed by atoms with Crippen molar-refractivity contribution in [2.24, 2.45) is 0 Å². The fourth-order valence-electron chi connectivity index (χ4n) is 5.07. The minimum atomic E-state index is -0.310. The molecule has 6 heteroatoms. The highest BCUT2D eigenvalue weighted by atomic mass is 16.5. The van der Waals surface area contributed by atoms with E-state index in [1.54, 1.807) is 25.3 Å². The molecule has 1 aromatic heterocycles.